The van der Waals surface area contributed by atoms with Gasteiger partial charge in [0.25, 0.3) is 0 Å². The minimum Gasteiger partial charge on any atom is -0.486 e. The second-order valence-electron chi connectivity index (χ2n) is 4.46. The van der Waals surface area contributed by atoms with E-state index in [1.807, 2.05) is 30.3 Å². The number of ether oxygens (including phenoxy) is 2. The summed E-state index contributed by atoms with van der Waals surface area (Å²) in [6.07, 6.45) is 1.12. The van der Waals surface area contributed by atoms with E-state index >= 15 is 0 Å². The van der Waals surface area contributed by atoms with Gasteiger partial charge >= 0.3 is 0 Å². The van der Waals surface area contributed by atoms with E-state index in [0.717, 1.165) is 29.0 Å². The van der Waals surface area contributed by atoms with Crippen LogP contribution in [0.2, 0.25) is 0 Å². The van der Waals surface area contributed by atoms with Crippen molar-refractivity contribution >= 4 is 0 Å². The summed E-state index contributed by atoms with van der Waals surface area (Å²) in [6.45, 7) is 2.76. The van der Waals surface area contributed by atoms with Crippen LogP contribution in [0.3, 0.4) is 0 Å². The highest BCUT2D eigenvalue weighted by Crippen LogP contribution is 2.41. The van der Waals surface area contributed by atoms with Gasteiger partial charge in [-0.15, -0.1) is 0 Å². The van der Waals surface area contributed by atoms with Gasteiger partial charge in [-0.25, -0.2) is 0 Å². The van der Waals surface area contributed by atoms with Crippen LogP contribution in [0, 0.1) is 0 Å². The predicted octanol–water partition coefficient (Wildman–Crippen LogP) is 3.90. The van der Waals surface area contributed by atoms with Gasteiger partial charge in [0.1, 0.15) is 12.7 Å². The monoisotopic (exact) mass is 240 g/mol. The van der Waals surface area contributed by atoms with Gasteiger partial charge in [0.2, 0.25) is 0 Å². The molecule has 1 aliphatic heterocycles. The van der Waals surface area contributed by atoms with E-state index in [4.69, 9.17) is 9.47 Å². The molecule has 0 fully saturated rings. The van der Waals surface area contributed by atoms with Crippen molar-refractivity contribution in [2.24, 2.45) is 0 Å². The second-order valence-corrected chi connectivity index (χ2v) is 4.46. The number of para-hydroxylation sites is 1. The van der Waals surface area contributed by atoms with Crippen LogP contribution in [-0.4, -0.2) is 12.7 Å². The fourth-order valence-electron chi connectivity index (χ4n) is 2.18. The fraction of sp³-hybridized carbons (Fsp3) is 0.250. The molecule has 2 aromatic rings. The molecule has 0 radical (unpaired) electrons. The third kappa shape index (κ3) is 1.94. The molecule has 0 aliphatic carbocycles. The Hall–Kier alpha value is -1.96. The van der Waals surface area contributed by atoms with E-state index < -0.39 is 0 Å². The van der Waals surface area contributed by atoms with Crippen molar-refractivity contribution in [3.63, 3.8) is 0 Å². The molecular formula is C16H16O2. The van der Waals surface area contributed by atoms with Crippen LogP contribution in [0.4, 0.5) is 0 Å². The van der Waals surface area contributed by atoms with Crippen LogP contribution >= 0.6 is 0 Å². The van der Waals surface area contributed by atoms with Crippen LogP contribution in [0.1, 0.15) is 13.3 Å². The van der Waals surface area contributed by atoms with E-state index in [1.54, 1.807) is 0 Å². The first-order valence-corrected chi connectivity index (χ1v) is 6.36. The smallest absolute Gasteiger partial charge is 0.169 e. The highest BCUT2D eigenvalue weighted by Gasteiger charge is 2.22. The number of benzene rings is 2. The Morgan fingerprint density at radius 3 is 2.67 bits per heavy atom. The maximum absolute atomic E-state index is 6.04. The molecule has 2 nitrogen and oxygen atoms in total. The standard InChI is InChI=1S/C16H16O2/c1-2-13-11-17-15-10-6-9-14(16(15)18-13)12-7-4-3-5-8-12/h3-10,13H,2,11H2,1H3/t13-/m0/s1. The molecule has 1 atom stereocenters. The molecule has 0 aromatic heterocycles. The lowest BCUT2D eigenvalue weighted by Crippen LogP contribution is -2.28. The van der Waals surface area contributed by atoms with Crippen LogP contribution in [0.5, 0.6) is 11.5 Å². The summed E-state index contributed by atoms with van der Waals surface area (Å²) >= 11 is 0. The lowest BCUT2D eigenvalue weighted by molar-refractivity contribution is 0.0892. The molecule has 1 aliphatic rings. The highest BCUT2D eigenvalue weighted by atomic mass is 16.6. The third-order valence-electron chi connectivity index (χ3n) is 3.23. The quantitative estimate of drug-likeness (QED) is 0.792. The van der Waals surface area contributed by atoms with E-state index in [-0.39, 0.29) is 6.10 Å². The Balaban J connectivity index is 2.06. The zero-order valence-corrected chi connectivity index (χ0v) is 10.4. The maximum atomic E-state index is 6.04. The Bertz CT molecular complexity index is 534. The fourth-order valence-corrected chi connectivity index (χ4v) is 2.18. The van der Waals surface area contributed by atoms with Gasteiger partial charge in [0.05, 0.1) is 0 Å². The van der Waals surface area contributed by atoms with Crippen molar-refractivity contribution in [3.8, 4) is 22.6 Å². The van der Waals surface area contributed by atoms with Crippen molar-refractivity contribution < 1.29 is 9.47 Å². The van der Waals surface area contributed by atoms with Crippen molar-refractivity contribution in [2.75, 3.05) is 6.61 Å². The number of rotatable bonds is 2. The third-order valence-corrected chi connectivity index (χ3v) is 3.23. The zero-order valence-electron chi connectivity index (χ0n) is 10.4. The van der Waals surface area contributed by atoms with Crippen LogP contribution < -0.4 is 9.47 Å². The van der Waals surface area contributed by atoms with Crippen molar-refractivity contribution in [2.45, 2.75) is 19.4 Å². The average Bonchev–Trinajstić information content (AvgIpc) is 2.47. The topological polar surface area (TPSA) is 18.5 Å². The SMILES string of the molecule is CC[C@H]1COc2cccc(-c3ccccc3)c2O1. The summed E-state index contributed by atoms with van der Waals surface area (Å²) in [7, 11) is 0. The van der Waals surface area contributed by atoms with Crippen LogP contribution in [0.15, 0.2) is 48.5 Å². The summed E-state index contributed by atoms with van der Waals surface area (Å²) in [5, 5.41) is 0. The van der Waals surface area contributed by atoms with Gasteiger partial charge in [0.15, 0.2) is 11.5 Å². The molecule has 2 heteroatoms. The molecule has 0 N–H and O–H groups in total. The molecule has 92 valence electrons. The molecule has 0 bridgehead atoms. The van der Waals surface area contributed by atoms with E-state index in [0.29, 0.717) is 6.61 Å². The molecule has 3 rings (SSSR count). The number of hydrogen-bond acceptors (Lipinski definition) is 2. The average molecular weight is 240 g/mol. The van der Waals surface area contributed by atoms with Crippen LogP contribution in [0.25, 0.3) is 11.1 Å². The first-order chi connectivity index (χ1) is 8.88. The van der Waals surface area contributed by atoms with Gasteiger partial charge in [-0.1, -0.05) is 49.4 Å². The molecule has 0 spiro atoms. The van der Waals surface area contributed by atoms with Crippen molar-refractivity contribution in [3.05, 3.63) is 48.5 Å². The molecule has 0 saturated heterocycles. The van der Waals surface area contributed by atoms with Gasteiger partial charge in [-0.2, -0.15) is 0 Å². The summed E-state index contributed by atoms with van der Waals surface area (Å²) in [5.74, 6) is 1.72. The summed E-state index contributed by atoms with van der Waals surface area (Å²) in [6, 6.07) is 16.3. The maximum Gasteiger partial charge on any atom is 0.169 e. The van der Waals surface area contributed by atoms with Crippen LogP contribution in [-0.2, 0) is 0 Å². The highest BCUT2D eigenvalue weighted by molar-refractivity contribution is 5.74. The Labute approximate surface area is 107 Å². The lowest BCUT2D eigenvalue weighted by Gasteiger charge is -2.27. The van der Waals surface area contributed by atoms with Crippen molar-refractivity contribution in [1.29, 1.82) is 0 Å². The molecule has 2 aromatic carbocycles. The molecule has 1 heterocycles. The summed E-state index contributed by atoms with van der Waals surface area (Å²) in [5.41, 5.74) is 2.26. The number of hydrogen-bond donors (Lipinski definition) is 0. The van der Waals surface area contributed by atoms with E-state index in [1.165, 1.54) is 0 Å². The Morgan fingerprint density at radius 1 is 1.06 bits per heavy atom. The first kappa shape index (κ1) is 11.1. The predicted molar refractivity (Wildman–Crippen MR) is 72.1 cm³/mol. The molecule has 0 amide bonds. The second kappa shape index (κ2) is 4.73. The minimum absolute atomic E-state index is 0.155. The van der Waals surface area contributed by atoms with E-state index in [9.17, 15) is 0 Å². The van der Waals surface area contributed by atoms with Gasteiger partial charge in [-0.05, 0) is 18.1 Å². The molecule has 0 saturated carbocycles. The van der Waals surface area contributed by atoms with Gasteiger partial charge in [0, 0.05) is 5.56 Å². The summed E-state index contributed by atoms with van der Waals surface area (Å²) < 4.78 is 11.8. The molecule has 0 unspecified atom stereocenters. The molecular weight excluding hydrogens is 224 g/mol. The Kier molecular flexibility index (Phi) is 2.93. The van der Waals surface area contributed by atoms with E-state index in [2.05, 4.69) is 25.1 Å². The first-order valence-electron chi connectivity index (χ1n) is 6.36. The zero-order chi connectivity index (χ0) is 12.4. The molecule has 18 heavy (non-hydrogen) atoms. The van der Waals surface area contributed by atoms with Crippen molar-refractivity contribution in [1.82, 2.24) is 0 Å². The lowest BCUT2D eigenvalue weighted by atomic mass is 10.0. The van der Waals surface area contributed by atoms with Gasteiger partial charge in [-0.3, -0.25) is 0 Å². The normalized spacial score (nSPS) is 17.5. The number of fused-ring (bicyclic) bond motifs is 1. The Morgan fingerprint density at radius 2 is 1.89 bits per heavy atom. The largest absolute Gasteiger partial charge is 0.486 e. The minimum atomic E-state index is 0.155. The van der Waals surface area contributed by atoms with Gasteiger partial charge < -0.3 is 9.47 Å². The summed E-state index contributed by atoms with van der Waals surface area (Å²) in [4.78, 5) is 0.